The van der Waals surface area contributed by atoms with Crippen LogP contribution in [0.4, 0.5) is 10.1 Å². The lowest BCUT2D eigenvalue weighted by atomic mass is 10.1. The SMILES string of the molecule is CC1Cc2cc(-c3csc(-c4cccc(F)c4)n3)ccc2N1S(C)(=O)=O. The van der Waals surface area contributed by atoms with Gasteiger partial charge < -0.3 is 0 Å². The zero-order chi connectivity index (χ0) is 18.5. The van der Waals surface area contributed by atoms with E-state index in [-0.39, 0.29) is 11.9 Å². The van der Waals surface area contributed by atoms with Gasteiger partial charge in [-0.1, -0.05) is 18.2 Å². The van der Waals surface area contributed by atoms with Crippen molar-refractivity contribution >= 4 is 27.0 Å². The van der Waals surface area contributed by atoms with Gasteiger partial charge in [0, 0.05) is 22.5 Å². The van der Waals surface area contributed by atoms with Crippen molar-refractivity contribution < 1.29 is 12.8 Å². The summed E-state index contributed by atoms with van der Waals surface area (Å²) in [5, 5.41) is 2.69. The topological polar surface area (TPSA) is 50.3 Å². The number of sulfonamides is 1. The Morgan fingerprint density at radius 1 is 1.19 bits per heavy atom. The average Bonchev–Trinajstić information content (AvgIpc) is 3.17. The van der Waals surface area contributed by atoms with E-state index in [9.17, 15) is 12.8 Å². The smallest absolute Gasteiger partial charge is 0.232 e. The first-order valence-electron chi connectivity index (χ1n) is 8.17. The summed E-state index contributed by atoms with van der Waals surface area (Å²) in [5.74, 6) is -0.286. The van der Waals surface area contributed by atoms with Gasteiger partial charge in [-0.2, -0.15) is 0 Å². The second-order valence-electron chi connectivity index (χ2n) is 6.50. The van der Waals surface area contributed by atoms with Crippen LogP contribution in [0.2, 0.25) is 0 Å². The van der Waals surface area contributed by atoms with Crippen molar-refractivity contribution in [3.8, 4) is 21.8 Å². The molecule has 0 bridgehead atoms. The van der Waals surface area contributed by atoms with Crippen LogP contribution in [-0.4, -0.2) is 25.7 Å². The molecular formula is C19H17FN2O2S2. The highest BCUT2D eigenvalue weighted by Gasteiger charge is 2.32. The minimum absolute atomic E-state index is 0.0893. The Bertz CT molecular complexity index is 1090. The van der Waals surface area contributed by atoms with Crippen LogP contribution < -0.4 is 4.31 Å². The molecule has 0 radical (unpaired) electrons. The zero-order valence-electron chi connectivity index (χ0n) is 14.3. The molecule has 4 nitrogen and oxygen atoms in total. The third-order valence-electron chi connectivity index (χ3n) is 4.46. The predicted molar refractivity (Wildman–Crippen MR) is 103 cm³/mol. The Labute approximate surface area is 156 Å². The largest absolute Gasteiger partial charge is 0.267 e. The molecule has 0 fully saturated rings. The highest BCUT2D eigenvalue weighted by atomic mass is 32.2. The van der Waals surface area contributed by atoms with Gasteiger partial charge in [0.05, 0.1) is 17.6 Å². The van der Waals surface area contributed by atoms with Crippen molar-refractivity contribution in [2.45, 2.75) is 19.4 Å². The van der Waals surface area contributed by atoms with Gasteiger partial charge in [0.1, 0.15) is 10.8 Å². The Hall–Kier alpha value is -2.25. The molecule has 7 heteroatoms. The summed E-state index contributed by atoms with van der Waals surface area (Å²) in [7, 11) is -3.29. The Balaban J connectivity index is 1.70. The van der Waals surface area contributed by atoms with Gasteiger partial charge in [0.15, 0.2) is 0 Å². The monoisotopic (exact) mass is 388 g/mol. The molecule has 0 aliphatic carbocycles. The second-order valence-corrected chi connectivity index (χ2v) is 9.22. The molecule has 0 N–H and O–H groups in total. The first-order valence-corrected chi connectivity index (χ1v) is 10.9. The van der Waals surface area contributed by atoms with E-state index in [4.69, 9.17) is 0 Å². The minimum atomic E-state index is -3.29. The molecule has 0 saturated carbocycles. The summed E-state index contributed by atoms with van der Waals surface area (Å²) in [6, 6.07) is 12.0. The summed E-state index contributed by atoms with van der Waals surface area (Å²) >= 11 is 1.46. The van der Waals surface area contributed by atoms with Crippen molar-refractivity contribution in [3.05, 3.63) is 59.2 Å². The number of hydrogen-bond acceptors (Lipinski definition) is 4. The van der Waals surface area contributed by atoms with Crippen LogP contribution in [0.5, 0.6) is 0 Å². The van der Waals surface area contributed by atoms with Crippen LogP contribution in [0.1, 0.15) is 12.5 Å². The molecule has 1 aromatic heterocycles. The molecule has 0 amide bonds. The molecule has 2 heterocycles. The van der Waals surface area contributed by atoms with Crippen LogP contribution >= 0.6 is 11.3 Å². The molecule has 26 heavy (non-hydrogen) atoms. The maximum atomic E-state index is 13.4. The summed E-state index contributed by atoms with van der Waals surface area (Å²) in [5.41, 5.74) is 4.23. The number of hydrogen-bond donors (Lipinski definition) is 0. The maximum absolute atomic E-state index is 13.4. The van der Waals surface area contributed by atoms with E-state index >= 15 is 0 Å². The summed E-state index contributed by atoms with van der Waals surface area (Å²) < 4.78 is 39.0. The lowest BCUT2D eigenvalue weighted by Gasteiger charge is -2.21. The third kappa shape index (κ3) is 3.01. The van der Waals surface area contributed by atoms with Gasteiger partial charge in [-0.05, 0) is 43.2 Å². The molecular weight excluding hydrogens is 371 g/mol. The standard InChI is InChI=1S/C19H17FN2O2S2/c1-12-8-15-9-13(6-7-18(15)22(12)26(2,23)24)17-11-25-19(21-17)14-4-3-5-16(20)10-14/h3-7,9-12H,8H2,1-2H3. The molecule has 2 aromatic carbocycles. The molecule has 0 spiro atoms. The number of nitrogens with zero attached hydrogens (tertiary/aromatic N) is 2. The van der Waals surface area contributed by atoms with Gasteiger partial charge in [-0.15, -0.1) is 11.3 Å². The van der Waals surface area contributed by atoms with E-state index < -0.39 is 10.0 Å². The molecule has 4 rings (SSSR count). The number of halogens is 1. The Morgan fingerprint density at radius 3 is 2.73 bits per heavy atom. The second kappa shape index (κ2) is 6.17. The fourth-order valence-corrected chi connectivity index (χ4v) is 5.52. The molecule has 1 aliphatic heterocycles. The Kier molecular flexibility index (Phi) is 4.08. The first-order chi connectivity index (χ1) is 12.3. The van der Waals surface area contributed by atoms with Crippen molar-refractivity contribution in [2.24, 2.45) is 0 Å². The van der Waals surface area contributed by atoms with E-state index in [1.54, 1.807) is 6.07 Å². The number of anilines is 1. The zero-order valence-corrected chi connectivity index (χ0v) is 15.9. The van der Waals surface area contributed by atoms with Gasteiger partial charge >= 0.3 is 0 Å². The minimum Gasteiger partial charge on any atom is -0.267 e. The lowest BCUT2D eigenvalue weighted by molar-refractivity contribution is 0.590. The fraction of sp³-hybridized carbons (Fsp3) is 0.211. The van der Waals surface area contributed by atoms with Crippen molar-refractivity contribution in [1.82, 2.24) is 4.98 Å². The van der Waals surface area contributed by atoms with E-state index in [0.29, 0.717) is 6.42 Å². The summed E-state index contributed by atoms with van der Waals surface area (Å²) in [6.45, 7) is 1.91. The quantitative estimate of drug-likeness (QED) is 0.671. The normalized spacial score (nSPS) is 16.7. The highest BCUT2D eigenvalue weighted by Crippen LogP contribution is 2.37. The van der Waals surface area contributed by atoms with Gasteiger partial charge in [-0.3, -0.25) is 4.31 Å². The van der Waals surface area contributed by atoms with Crippen LogP contribution in [0.25, 0.3) is 21.8 Å². The Morgan fingerprint density at radius 2 is 2.00 bits per heavy atom. The van der Waals surface area contributed by atoms with Crippen molar-refractivity contribution in [1.29, 1.82) is 0 Å². The van der Waals surface area contributed by atoms with Crippen LogP contribution in [0.3, 0.4) is 0 Å². The van der Waals surface area contributed by atoms with E-state index in [1.165, 1.54) is 34.0 Å². The molecule has 1 unspecified atom stereocenters. The lowest BCUT2D eigenvalue weighted by Crippen LogP contribution is -2.34. The predicted octanol–water partition coefficient (Wildman–Crippen LogP) is 4.33. The van der Waals surface area contributed by atoms with Crippen LogP contribution in [-0.2, 0) is 16.4 Å². The molecule has 0 saturated heterocycles. The van der Waals surface area contributed by atoms with E-state index in [1.807, 2.05) is 36.6 Å². The summed E-state index contributed by atoms with van der Waals surface area (Å²) in [4.78, 5) is 4.62. The van der Waals surface area contributed by atoms with Crippen LogP contribution in [0.15, 0.2) is 47.8 Å². The number of fused-ring (bicyclic) bond motifs is 1. The summed E-state index contributed by atoms with van der Waals surface area (Å²) in [6.07, 6.45) is 1.91. The van der Waals surface area contributed by atoms with E-state index in [0.717, 1.165) is 33.1 Å². The van der Waals surface area contributed by atoms with Crippen LogP contribution in [0, 0.1) is 5.82 Å². The maximum Gasteiger partial charge on any atom is 0.232 e. The van der Waals surface area contributed by atoms with Gasteiger partial charge in [0.2, 0.25) is 10.0 Å². The number of rotatable bonds is 3. The third-order valence-corrected chi connectivity index (χ3v) is 6.62. The number of aromatic nitrogens is 1. The van der Waals surface area contributed by atoms with Crippen molar-refractivity contribution in [3.63, 3.8) is 0 Å². The number of benzene rings is 2. The fourth-order valence-electron chi connectivity index (χ4n) is 3.43. The molecule has 3 aromatic rings. The molecule has 1 atom stereocenters. The van der Waals surface area contributed by atoms with E-state index in [2.05, 4.69) is 4.98 Å². The highest BCUT2D eigenvalue weighted by molar-refractivity contribution is 7.92. The molecule has 1 aliphatic rings. The number of thiazole rings is 1. The average molecular weight is 388 g/mol. The first kappa shape index (κ1) is 17.2. The van der Waals surface area contributed by atoms with Gasteiger partial charge in [0.25, 0.3) is 0 Å². The van der Waals surface area contributed by atoms with Crippen molar-refractivity contribution in [2.75, 3.05) is 10.6 Å². The van der Waals surface area contributed by atoms with Gasteiger partial charge in [-0.25, -0.2) is 17.8 Å². The molecule has 134 valence electrons.